The largest absolute Gasteiger partial charge is 0.331 e. The van der Waals surface area contributed by atoms with Crippen molar-refractivity contribution in [2.45, 2.75) is 6.42 Å². The van der Waals surface area contributed by atoms with Crippen LogP contribution >= 0.6 is 23.1 Å². The van der Waals surface area contributed by atoms with Crippen molar-refractivity contribution in [3.05, 3.63) is 61.9 Å². The number of nitrogens with one attached hydrogen (secondary N) is 2. The third-order valence-corrected chi connectivity index (χ3v) is 5.68. The molecule has 0 saturated carbocycles. The molecular weight excluding hydrogens is 416 g/mol. The average molecular weight is 431 g/mol. The smallest absolute Gasteiger partial charge is 0.311 e. The Bertz CT molecular complexity index is 1350. The van der Waals surface area contributed by atoms with E-state index in [1.54, 1.807) is 25.2 Å². The summed E-state index contributed by atoms with van der Waals surface area (Å²) in [5.74, 6) is 0.0548. The Kier molecular flexibility index (Phi) is 4.81. The number of amides is 1. The van der Waals surface area contributed by atoms with E-state index < -0.39 is 11.2 Å². The van der Waals surface area contributed by atoms with Crippen LogP contribution in [0, 0.1) is 0 Å². The fraction of sp³-hybridized carbons (Fsp3) is 0.167. The highest BCUT2D eigenvalue weighted by Crippen LogP contribution is 2.22. The number of rotatable bonds is 4. The maximum atomic E-state index is 12.5. The standard InChI is InChI=1S/C18H15ClN6O3S/c1-24-16(27)15-12(23-29-17(15)25(2)18(24)28)8-14(26)20-13-7-11(21-22-13)9-3-5-10(19)6-4-9/h3-7H,8H2,1-2H3,(H2,20,21,22,26). The molecule has 0 atom stereocenters. The van der Waals surface area contributed by atoms with Gasteiger partial charge in [-0.15, -0.1) is 0 Å². The van der Waals surface area contributed by atoms with Gasteiger partial charge in [0.15, 0.2) is 0 Å². The molecule has 9 nitrogen and oxygen atoms in total. The summed E-state index contributed by atoms with van der Waals surface area (Å²) in [7, 11) is 2.96. The molecule has 1 amide bonds. The van der Waals surface area contributed by atoms with E-state index in [9.17, 15) is 14.4 Å². The van der Waals surface area contributed by atoms with Gasteiger partial charge in [0.05, 0.1) is 23.2 Å². The van der Waals surface area contributed by atoms with Gasteiger partial charge in [-0.3, -0.25) is 23.8 Å². The number of carbonyl (C=O) groups excluding carboxylic acids is 1. The van der Waals surface area contributed by atoms with Gasteiger partial charge in [0.2, 0.25) is 5.91 Å². The van der Waals surface area contributed by atoms with Gasteiger partial charge >= 0.3 is 5.69 Å². The van der Waals surface area contributed by atoms with Crippen molar-refractivity contribution >= 4 is 45.1 Å². The summed E-state index contributed by atoms with van der Waals surface area (Å²) < 4.78 is 6.57. The summed E-state index contributed by atoms with van der Waals surface area (Å²) in [6.45, 7) is 0. The Balaban J connectivity index is 1.56. The molecule has 0 unspecified atom stereocenters. The van der Waals surface area contributed by atoms with Gasteiger partial charge in [-0.1, -0.05) is 23.7 Å². The second kappa shape index (κ2) is 7.30. The van der Waals surface area contributed by atoms with Crippen LogP contribution in [-0.4, -0.2) is 29.6 Å². The lowest BCUT2D eigenvalue weighted by Gasteiger charge is -2.04. The van der Waals surface area contributed by atoms with Gasteiger partial charge in [-0.2, -0.15) is 9.47 Å². The minimum absolute atomic E-state index is 0.108. The first kappa shape index (κ1) is 19.1. The van der Waals surface area contributed by atoms with Crippen LogP contribution in [0.1, 0.15) is 5.69 Å². The maximum Gasteiger partial charge on any atom is 0.331 e. The van der Waals surface area contributed by atoms with Crippen molar-refractivity contribution in [3.63, 3.8) is 0 Å². The topological polar surface area (TPSA) is 115 Å². The number of anilines is 1. The number of hydrogen-bond acceptors (Lipinski definition) is 6. The molecule has 1 aromatic carbocycles. The van der Waals surface area contributed by atoms with E-state index in [0.29, 0.717) is 27.1 Å². The molecule has 0 saturated heterocycles. The van der Waals surface area contributed by atoms with E-state index >= 15 is 0 Å². The number of aromatic nitrogens is 5. The van der Waals surface area contributed by atoms with Gasteiger partial charge in [-0.05, 0) is 23.7 Å². The number of nitrogens with zero attached hydrogens (tertiary/aromatic N) is 4. The Labute approximate surface area is 172 Å². The lowest BCUT2D eigenvalue weighted by molar-refractivity contribution is -0.115. The molecule has 148 valence electrons. The van der Waals surface area contributed by atoms with Crippen LogP contribution in [0.3, 0.4) is 0 Å². The zero-order valence-electron chi connectivity index (χ0n) is 15.4. The van der Waals surface area contributed by atoms with E-state index in [2.05, 4.69) is 19.9 Å². The van der Waals surface area contributed by atoms with E-state index in [1.165, 1.54) is 11.6 Å². The van der Waals surface area contributed by atoms with Gasteiger partial charge in [0, 0.05) is 30.7 Å². The Morgan fingerprint density at radius 3 is 2.66 bits per heavy atom. The molecule has 0 spiro atoms. The third kappa shape index (κ3) is 3.47. The van der Waals surface area contributed by atoms with Crippen molar-refractivity contribution in [2.24, 2.45) is 14.1 Å². The summed E-state index contributed by atoms with van der Waals surface area (Å²) in [5.41, 5.74) is 0.928. The first-order valence-electron chi connectivity index (χ1n) is 8.50. The van der Waals surface area contributed by atoms with Crippen molar-refractivity contribution in [3.8, 4) is 11.3 Å². The Morgan fingerprint density at radius 2 is 1.93 bits per heavy atom. The SMILES string of the molecule is Cn1c(=O)c2c(CC(=O)Nc3cc(-c4ccc(Cl)cc4)n[nH]3)nsc2n(C)c1=O. The highest BCUT2D eigenvalue weighted by atomic mass is 35.5. The molecule has 3 aromatic heterocycles. The zero-order valence-corrected chi connectivity index (χ0v) is 17.0. The number of hydrogen-bond donors (Lipinski definition) is 2. The van der Waals surface area contributed by atoms with Gasteiger partial charge < -0.3 is 5.32 Å². The lowest BCUT2D eigenvalue weighted by Crippen LogP contribution is -2.36. The minimum Gasteiger partial charge on any atom is -0.311 e. The van der Waals surface area contributed by atoms with Crippen molar-refractivity contribution in [1.29, 1.82) is 0 Å². The van der Waals surface area contributed by atoms with Gasteiger partial charge in [0.25, 0.3) is 5.56 Å². The number of carbonyl (C=O) groups is 1. The van der Waals surface area contributed by atoms with Crippen LogP contribution in [-0.2, 0) is 25.3 Å². The van der Waals surface area contributed by atoms with Crippen LogP contribution in [0.5, 0.6) is 0 Å². The highest BCUT2D eigenvalue weighted by molar-refractivity contribution is 7.13. The first-order valence-corrected chi connectivity index (χ1v) is 9.65. The minimum atomic E-state index is -0.466. The summed E-state index contributed by atoms with van der Waals surface area (Å²) in [4.78, 5) is 37.4. The lowest BCUT2D eigenvalue weighted by atomic mass is 10.1. The van der Waals surface area contributed by atoms with Crippen molar-refractivity contribution in [2.75, 3.05) is 5.32 Å². The summed E-state index contributed by atoms with van der Waals surface area (Å²) in [5, 5.41) is 10.5. The van der Waals surface area contributed by atoms with Crippen LogP contribution in [0.2, 0.25) is 5.02 Å². The molecule has 0 radical (unpaired) electrons. The zero-order chi connectivity index (χ0) is 20.7. The molecule has 4 rings (SSSR count). The van der Waals surface area contributed by atoms with E-state index in [4.69, 9.17) is 11.6 Å². The number of halogens is 1. The molecule has 3 heterocycles. The molecule has 0 fully saturated rings. The molecule has 0 bridgehead atoms. The predicted molar refractivity (Wildman–Crippen MR) is 111 cm³/mol. The van der Waals surface area contributed by atoms with E-state index in [1.807, 2.05) is 12.1 Å². The molecule has 0 aliphatic carbocycles. The number of benzene rings is 1. The molecule has 2 N–H and O–H groups in total. The molecule has 29 heavy (non-hydrogen) atoms. The molecule has 4 aromatic rings. The van der Waals surface area contributed by atoms with Crippen LogP contribution in [0.15, 0.2) is 39.9 Å². The van der Waals surface area contributed by atoms with Crippen molar-refractivity contribution < 1.29 is 4.79 Å². The second-order valence-electron chi connectivity index (χ2n) is 6.41. The van der Waals surface area contributed by atoms with Crippen LogP contribution < -0.4 is 16.6 Å². The van der Waals surface area contributed by atoms with E-state index in [-0.39, 0.29) is 17.7 Å². The number of aryl methyl sites for hydroxylation is 1. The fourth-order valence-corrected chi connectivity index (χ4v) is 3.92. The summed E-state index contributed by atoms with van der Waals surface area (Å²) in [6, 6.07) is 8.86. The van der Waals surface area contributed by atoms with E-state index in [0.717, 1.165) is 21.7 Å². The Morgan fingerprint density at radius 1 is 1.21 bits per heavy atom. The Hall–Kier alpha value is -3.24. The first-order chi connectivity index (χ1) is 13.8. The fourth-order valence-electron chi connectivity index (χ4n) is 2.94. The normalized spacial score (nSPS) is 11.1. The number of aromatic amines is 1. The van der Waals surface area contributed by atoms with Crippen LogP contribution in [0.25, 0.3) is 21.5 Å². The third-order valence-electron chi connectivity index (χ3n) is 4.46. The molecule has 0 aliphatic heterocycles. The average Bonchev–Trinajstić information content (AvgIpc) is 3.32. The van der Waals surface area contributed by atoms with Gasteiger partial charge in [0.1, 0.15) is 10.6 Å². The molecular formula is C18H15ClN6O3S. The highest BCUT2D eigenvalue weighted by Gasteiger charge is 2.19. The molecule has 11 heteroatoms. The number of fused-ring (bicyclic) bond motifs is 1. The van der Waals surface area contributed by atoms with Crippen LogP contribution in [0.4, 0.5) is 5.82 Å². The molecule has 0 aliphatic rings. The summed E-state index contributed by atoms with van der Waals surface area (Å²) in [6.07, 6.45) is -0.108. The maximum absolute atomic E-state index is 12.5. The van der Waals surface area contributed by atoms with Crippen molar-refractivity contribution in [1.82, 2.24) is 23.7 Å². The quantitative estimate of drug-likeness (QED) is 0.513. The second-order valence-corrected chi connectivity index (χ2v) is 7.60. The monoisotopic (exact) mass is 430 g/mol. The summed E-state index contributed by atoms with van der Waals surface area (Å²) >= 11 is 6.91. The van der Waals surface area contributed by atoms with Gasteiger partial charge in [-0.25, -0.2) is 4.79 Å². The predicted octanol–water partition coefficient (Wildman–Crippen LogP) is 1.92. The number of H-pyrrole nitrogens is 1.